The van der Waals surface area contributed by atoms with Crippen LogP contribution in [0.2, 0.25) is 5.02 Å². The Hall–Kier alpha value is -4.60. The predicted octanol–water partition coefficient (Wildman–Crippen LogP) is 6.17. The van der Waals surface area contributed by atoms with Crippen molar-refractivity contribution in [2.24, 2.45) is 4.99 Å². The molecule has 1 atom stereocenters. The summed E-state index contributed by atoms with van der Waals surface area (Å²) in [5.74, 6) is 1.33. The minimum absolute atomic E-state index is 0.198. The van der Waals surface area contributed by atoms with Crippen molar-refractivity contribution in [2.75, 3.05) is 20.3 Å². The van der Waals surface area contributed by atoms with Gasteiger partial charge in [-0.15, -0.1) is 6.58 Å². The lowest BCUT2D eigenvalue weighted by atomic mass is 9.96. The molecule has 0 spiro atoms. The molecule has 4 aromatic rings. The molecule has 3 aromatic carbocycles. The van der Waals surface area contributed by atoms with Crippen molar-refractivity contribution < 1.29 is 23.7 Å². The van der Waals surface area contributed by atoms with Gasteiger partial charge in [0.15, 0.2) is 16.3 Å². The van der Waals surface area contributed by atoms with E-state index < -0.39 is 12.0 Å². The van der Waals surface area contributed by atoms with Gasteiger partial charge >= 0.3 is 5.97 Å². The van der Waals surface area contributed by atoms with E-state index in [9.17, 15) is 9.59 Å². The van der Waals surface area contributed by atoms with Crippen molar-refractivity contribution in [1.82, 2.24) is 4.57 Å². The van der Waals surface area contributed by atoms with Crippen LogP contribution in [0.15, 0.2) is 94.4 Å². The molecule has 0 unspecified atom stereocenters. The number of thiazole rings is 1. The number of aromatic nitrogens is 1. The van der Waals surface area contributed by atoms with Gasteiger partial charge in [0.25, 0.3) is 5.56 Å². The molecule has 2 heterocycles. The Labute approximate surface area is 276 Å². The van der Waals surface area contributed by atoms with Crippen molar-refractivity contribution in [3.8, 4) is 17.2 Å². The lowest BCUT2D eigenvalue weighted by Gasteiger charge is -2.24. The topological polar surface area (TPSA) is 88.4 Å². The fourth-order valence-electron chi connectivity index (χ4n) is 5.28. The first-order valence-electron chi connectivity index (χ1n) is 14.9. The summed E-state index contributed by atoms with van der Waals surface area (Å²) in [7, 11) is 1.59. The molecule has 0 saturated carbocycles. The van der Waals surface area contributed by atoms with E-state index in [1.54, 1.807) is 43.7 Å². The van der Waals surface area contributed by atoms with Crippen LogP contribution >= 0.6 is 22.9 Å². The molecule has 1 aliphatic rings. The van der Waals surface area contributed by atoms with Gasteiger partial charge in [-0.3, -0.25) is 9.36 Å². The van der Waals surface area contributed by atoms with E-state index in [2.05, 4.69) is 11.6 Å². The van der Waals surface area contributed by atoms with Gasteiger partial charge in [0.05, 0.1) is 42.2 Å². The maximum absolute atomic E-state index is 14.1. The molecule has 1 aromatic heterocycles. The van der Waals surface area contributed by atoms with Gasteiger partial charge in [0, 0.05) is 10.6 Å². The molecule has 0 N–H and O–H groups in total. The van der Waals surface area contributed by atoms with Crippen molar-refractivity contribution in [3.63, 3.8) is 0 Å². The number of hydrogen-bond acceptors (Lipinski definition) is 8. The number of carbonyl (C=O) groups is 1. The van der Waals surface area contributed by atoms with Crippen LogP contribution in [0.1, 0.15) is 49.1 Å². The van der Waals surface area contributed by atoms with Crippen LogP contribution in [0.4, 0.5) is 0 Å². The summed E-state index contributed by atoms with van der Waals surface area (Å²) in [5, 5.41) is 0.656. The van der Waals surface area contributed by atoms with E-state index in [0.29, 0.717) is 62.5 Å². The van der Waals surface area contributed by atoms with Gasteiger partial charge in [-0.1, -0.05) is 53.3 Å². The standard InChI is InChI=1S/C36H35ClN2O6S/c1-6-9-26-18-24(19-29(43-7-2)33(26)45-21-23-10-14-27(37)15-11-23)20-30-34(40)39-32(25-12-16-28(42-5)17-13-25)31(35(41)44-8-3)22(4)38-36(39)46-30/h6,10-20,32H,1,7-9,21H2,2-5H3/b30-20+/t32-/m0/s1. The summed E-state index contributed by atoms with van der Waals surface area (Å²) < 4.78 is 25.1. The van der Waals surface area contributed by atoms with Crippen molar-refractivity contribution in [1.29, 1.82) is 0 Å². The smallest absolute Gasteiger partial charge is 0.338 e. The second-order valence-electron chi connectivity index (χ2n) is 10.4. The van der Waals surface area contributed by atoms with Crippen LogP contribution in [0.25, 0.3) is 6.08 Å². The molecule has 0 bridgehead atoms. The second kappa shape index (κ2) is 14.7. The van der Waals surface area contributed by atoms with Crippen LogP contribution in [0, 0.1) is 0 Å². The van der Waals surface area contributed by atoms with Gasteiger partial charge in [-0.05, 0) is 86.4 Å². The number of rotatable bonds is 12. The van der Waals surface area contributed by atoms with Crippen LogP contribution < -0.4 is 29.1 Å². The van der Waals surface area contributed by atoms with E-state index in [1.165, 1.54) is 11.3 Å². The van der Waals surface area contributed by atoms with Crippen molar-refractivity contribution in [2.45, 2.75) is 39.8 Å². The lowest BCUT2D eigenvalue weighted by Crippen LogP contribution is -2.39. The number of ether oxygens (including phenoxy) is 4. The molecule has 8 nitrogen and oxygen atoms in total. The first kappa shape index (κ1) is 32.8. The normalized spacial score (nSPS) is 14.4. The lowest BCUT2D eigenvalue weighted by molar-refractivity contribution is -0.139. The number of benzene rings is 3. The Kier molecular flexibility index (Phi) is 10.4. The third kappa shape index (κ3) is 6.95. The van der Waals surface area contributed by atoms with E-state index in [0.717, 1.165) is 22.3 Å². The number of halogens is 1. The monoisotopic (exact) mass is 658 g/mol. The number of carbonyl (C=O) groups excluding carboxylic acids is 1. The Balaban J connectivity index is 1.61. The molecular formula is C36H35ClN2O6S. The van der Waals surface area contributed by atoms with Crippen molar-refractivity contribution in [3.05, 3.63) is 132 Å². The number of fused-ring (bicyclic) bond motifs is 1. The fraction of sp³-hybridized carbons (Fsp3) is 0.250. The summed E-state index contributed by atoms with van der Waals surface area (Å²) in [6, 6.07) is 17.9. The highest BCUT2D eigenvalue weighted by molar-refractivity contribution is 7.07. The number of methoxy groups -OCH3 is 1. The molecule has 0 amide bonds. The third-order valence-corrected chi connectivity index (χ3v) is 8.60. The largest absolute Gasteiger partial charge is 0.497 e. The van der Waals surface area contributed by atoms with Gasteiger partial charge in [-0.25, -0.2) is 9.79 Å². The summed E-state index contributed by atoms with van der Waals surface area (Å²) in [6.07, 6.45) is 4.14. The summed E-state index contributed by atoms with van der Waals surface area (Å²) >= 11 is 7.31. The van der Waals surface area contributed by atoms with Crippen molar-refractivity contribution >= 4 is 35.0 Å². The maximum atomic E-state index is 14.1. The quantitative estimate of drug-likeness (QED) is 0.134. The molecule has 0 fully saturated rings. The minimum atomic E-state index is -0.720. The minimum Gasteiger partial charge on any atom is -0.497 e. The summed E-state index contributed by atoms with van der Waals surface area (Å²) in [5.41, 5.74) is 3.87. The highest BCUT2D eigenvalue weighted by Crippen LogP contribution is 2.35. The van der Waals surface area contributed by atoms with Crippen LogP contribution in [0.3, 0.4) is 0 Å². The Bertz CT molecular complexity index is 1960. The first-order valence-corrected chi connectivity index (χ1v) is 16.1. The molecule has 0 saturated heterocycles. The molecule has 10 heteroatoms. The van der Waals surface area contributed by atoms with Crippen LogP contribution in [0.5, 0.6) is 17.2 Å². The molecule has 0 radical (unpaired) electrons. The number of hydrogen-bond donors (Lipinski definition) is 0. The number of esters is 1. The van der Waals surface area contributed by atoms with E-state index in [-0.39, 0.29) is 12.2 Å². The SMILES string of the molecule is C=CCc1cc(/C=c2/sc3n(c2=O)[C@@H](c2ccc(OC)cc2)C(C(=O)OCC)=C(C)N=3)cc(OCC)c1OCc1ccc(Cl)cc1. The Morgan fingerprint density at radius 3 is 2.46 bits per heavy atom. The molecule has 238 valence electrons. The second-order valence-corrected chi connectivity index (χ2v) is 11.9. The molecule has 5 rings (SSSR count). The van der Waals surface area contributed by atoms with Crippen LogP contribution in [-0.4, -0.2) is 30.9 Å². The number of nitrogens with zero attached hydrogens (tertiary/aromatic N) is 2. The zero-order valence-electron chi connectivity index (χ0n) is 26.2. The molecule has 46 heavy (non-hydrogen) atoms. The summed E-state index contributed by atoms with van der Waals surface area (Å²) in [6.45, 7) is 10.3. The Morgan fingerprint density at radius 1 is 1.07 bits per heavy atom. The third-order valence-electron chi connectivity index (χ3n) is 7.36. The number of allylic oxidation sites excluding steroid dienone is 2. The highest BCUT2D eigenvalue weighted by Gasteiger charge is 2.33. The molecular weight excluding hydrogens is 624 g/mol. The van der Waals surface area contributed by atoms with E-state index in [1.807, 2.05) is 61.5 Å². The maximum Gasteiger partial charge on any atom is 0.338 e. The first-order chi connectivity index (χ1) is 22.3. The highest BCUT2D eigenvalue weighted by atomic mass is 35.5. The van der Waals surface area contributed by atoms with Gasteiger partial charge < -0.3 is 18.9 Å². The average Bonchev–Trinajstić information content (AvgIpc) is 3.34. The van der Waals surface area contributed by atoms with Gasteiger partial charge in [0.2, 0.25) is 0 Å². The zero-order chi connectivity index (χ0) is 32.8. The van der Waals surface area contributed by atoms with Gasteiger partial charge in [0.1, 0.15) is 12.4 Å². The predicted molar refractivity (Wildman–Crippen MR) is 181 cm³/mol. The zero-order valence-corrected chi connectivity index (χ0v) is 27.7. The van der Waals surface area contributed by atoms with E-state index >= 15 is 0 Å². The van der Waals surface area contributed by atoms with Gasteiger partial charge in [-0.2, -0.15) is 0 Å². The molecule has 0 aliphatic carbocycles. The van der Waals surface area contributed by atoms with Crippen LogP contribution in [-0.2, 0) is 22.6 Å². The fourth-order valence-corrected chi connectivity index (χ4v) is 6.45. The van der Waals surface area contributed by atoms with E-state index in [4.69, 9.17) is 30.5 Å². The molecule has 1 aliphatic heterocycles. The average molecular weight is 659 g/mol. The summed E-state index contributed by atoms with van der Waals surface area (Å²) in [4.78, 5) is 32.5. The Morgan fingerprint density at radius 2 is 1.80 bits per heavy atom.